The van der Waals surface area contributed by atoms with Crippen LogP contribution in [-0.4, -0.2) is 18.1 Å². The predicted molar refractivity (Wildman–Crippen MR) is 88.0 cm³/mol. The fraction of sp³-hybridized carbons (Fsp3) is 0.667. The molecule has 112 valence electrons. The third-order valence-electron chi connectivity index (χ3n) is 4.16. The molecule has 2 N–H and O–H groups in total. The second kappa shape index (κ2) is 6.86. The molecule has 1 aromatic rings. The van der Waals surface area contributed by atoms with E-state index in [9.17, 15) is 0 Å². The lowest BCUT2D eigenvalue weighted by atomic mass is 9.78. The first-order valence-electron chi connectivity index (χ1n) is 7.33. The van der Waals surface area contributed by atoms with Crippen LogP contribution in [0.2, 0.25) is 10.0 Å². The van der Waals surface area contributed by atoms with Gasteiger partial charge in [-0.15, -0.1) is 0 Å². The van der Waals surface area contributed by atoms with Gasteiger partial charge in [0, 0.05) is 13.1 Å². The van der Waals surface area contributed by atoms with Gasteiger partial charge in [0.25, 0.3) is 0 Å². The fourth-order valence-corrected chi connectivity index (χ4v) is 3.56. The molecule has 0 aromatic carbocycles. The Hall–Kier alpha value is -0.670. The van der Waals surface area contributed by atoms with Crippen LogP contribution >= 0.6 is 23.2 Å². The van der Waals surface area contributed by atoms with E-state index in [1.807, 2.05) is 7.05 Å². The lowest BCUT2D eigenvalue weighted by Crippen LogP contribution is -2.35. The number of nitrogens with zero attached hydrogens (tertiary/aromatic N) is 1. The van der Waals surface area contributed by atoms with Crippen LogP contribution in [0.25, 0.3) is 0 Å². The molecule has 0 saturated heterocycles. The number of pyridine rings is 1. The van der Waals surface area contributed by atoms with Crippen molar-refractivity contribution in [3.8, 4) is 0 Å². The summed E-state index contributed by atoms with van der Waals surface area (Å²) in [5.74, 6) is 2.74. The van der Waals surface area contributed by atoms with Crippen molar-refractivity contribution in [2.75, 3.05) is 17.7 Å². The van der Waals surface area contributed by atoms with Gasteiger partial charge in [-0.1, -0.05) is 49.9 Å². The van der Waals surface area contributed by atoms with Crippen molar-refractivity contribution in [2.45, 2.75) is 45.6 Å². The third-order valence-corrected chi connectivity index (χ3v) is 4.74. The van der Waals surface area contributed by atoms with Crippen LogP contribution in [0, 0.1) is 11.8 Å². The van der Waals surface area contributed by atoms with E-state index in [2.05, 4.69) is 29.5 Å². The minimum absolute atomic E-state index is 0.444. The van der Waals surface area contributed by atoms with Crippen LogP contribution in [-0.2, 0) is 0 Å². The van der Waals surface area contributed by atoms with Crippen LogP contribution in [0.1, 0.15) is 39.5 Å². The molecule has 1 aliphatic rings. The van der Waals surface area contributed by atoms with E-state index in [-0.39, 0.29) is 0 Å². The number of hydrogen-bond acceptors (Lipinski definition) is 3. The van der Waals surface area contributed by atoms with Crippen molar-refractivity contribution in [1.82, 2.24) is 4.98 Å². The average molecular weight is 316 g/mol. The van der Waals surface area contributed by atoms with Gasteiger partial charge in [-0.2, -0.15) is 0 Å². The SMILES string of the molecule is CNc1nc(NC2CCCCC2C(C)C)c(Cl)cc1Cl. The standard InChI is InChI=1S/C15H23Cl2N3/c1-9(2)10-6-4-5-7-13(10)19-15-12(17)8-11(16)14(18-3)20-15/h8-10,13H,4-7H2,1-3H3,(H2,18,19,20). The number of anilines is 2. The van der Waals surface area contributed by atoms with Crippen molar-refractivity contribution in [2.24, 2.45) is 11.8 Å². The van der Waals surface area contributed by atoms with E-state index in [0.717, 1.165) is 5.82 Å². The summed E-state index contributed by atoms with van der Waals surface area (Å²) in [7, 11) is 1.81. The zero-order valence-corrected chi connectivity index (χ0v) is 13.9. The first kappa shape index (κ1) is 15.7. The summed E-state index contributed by atoms with van der Waals surface area (Å²) in [6.07, 6.45) is 5.05. The van der Waals surface area contributed by atoms with Gasteiger partial charge in [0.1, 0.15) is 11.6 Å². The number of aromatic nitrogens is 1. The molecule has 3 nitrogen and oxygen atoms in total. The van der Waals surface area contributed by atoms with E-state index >= 15 is 0 Å². The van der Waals surface area contributed by atoms with Crippen molar-refractivity contribution in [3.05, 3.63) is 16.1 Å². The molecule has 1 saturated carbocycles. The van der Waals surface area contributed by atoms with Crippen LogP contribution in [0.4, 0.5) is 11.6 Å². The van der Waals surface area contributed by atoms with Gasteiger partial charge in [0.2, 0.25) is 0 Å². The van der Waals surface area contributed by atoms with Gasteiger partial charge in [0.15, 0.2) is 0 Å². The Bertz CT molecular complexity index is 463. The molecule has 1 heterocycles. The maximum Gasteiger partial charge on any atom is 0.147 e. The zero-order chi connectivity index (χ0) is 14.7. The molecule has 5 heteroatoms. The molecule has 2 atom stereocenters. The maximum atomic E-state index is 6.27. The molecule has 1 aliphatic carbocycles. The second-order valence-electron chi connectivity index (χ2n) is 5.84. The molecule has 0 spiro atoms. The highest BCUT2D eigenvalue weighted by atomic mass is 35.5. The summed E-state index contributed by atoms with van der Waals surface area (Å²) >= 11 is 12.4. The molecule has 0 bridgehead atoms. The van der Waals surface area contributed by atoms with Gasteiger partial charge in [-0.3, -0.25) is 0 Å². The quantitative estimate of drug-likeness (QED) is 0.815. The van der Waals surface area contributed by atoms with Crippen LogP contribution < -0.4 is 10.6 Å². The van der Waals surface area contributed by atoms with Crippen LogP contribution in [0.15, 0.2) is 6.07 Å². The molecule has 0 radical (unpaired) electrons. The minimum atomic E-state index is 0.444. The van der Waals surface area contributed by atoms with Crippen LogP contribution in [0.3, 0.4) is 0 Å². The third kappa shape index (κ3) is 3.50. The molecular formula is C15H23Cl2N3. The Balaban J connectivity index is 2.19. The van der Waals surface area contributed by atoms with E-state index in [4.69, 9.17) is 23.2 Å². The molecule has 1 fully saturated rings. The Morgan fingerprint density at radius 1 is 1.15 bits per heavy atom. The zero-order valence-electron chi connectivity index (χ0n) is 12.3. The molecule has 1 aromatic heterocycles. The lowest BCUT2D eigenvalue weighted by Gasteiger charge is -2.35. The Morgan fingerprint density at radius 3 is 2.45 bits per heavy atom. The number of rotatable bonds is 4. The smallest absolute Gasteiger partial charge is 0.147 e. The van der Waals surface area contributed by atoms with Gasteiger partial charge in [0.05, 0.1) is 10.0 Å². The Labute approximate surface area is 131 Å². The molecule has 2 rings (SSSR count). The van der Waals surface area contributed by atoms with Gasteiger partial charge in [-0.25, -0.2) is 4.98 Å². The fourth-order valence-electron chi connectivity index (χ4n) is 3.06. The highest BCUT2D eigenvalue weighted by molar-refractivity contribution is 6.37. The highest BCUT2D eigenvalue weighted by Gasteiger charge is 2.28. The Kier molecular flexibility index (Phi) is 5.39. The summed E-state index contributed by atoms with van der Waals surface area (Å²) in [5.41, 5.74) is 0. The van der Waals surface area contributed by atoms with Gasteiger partial charge < -0.3 is 10.6 Å². The van der Waals surface area contributed by atoms with Crippen molar-refractivity contribution in [1.29, 1.82) is 0 Å². The second-order valence-corrected chi connectivity index (χ2v) is 6.66. The van der Waals surface area contributed by atoms with Gasteiger partial charge >= 0.3 is 0 Å². The summed E-state index contributed by atoms with van der Waals surface area (Å²) < 4.78 is 0. The van der Waals surface area contributed by atoms with E-state index in [0.29, 0.717) is 33.7 Å². The highest BCUT2D eigenvalue weighted by Crippen LogP contribution is 2.35. The van der Waals surface area contributed by atoms with Gasteiger partial charge in [-0.05, 0) is 30.7 Å². The van der Waals surface area contributed by atoms with Crippen LogP contribution in [0.5, 0.6) is 0 Å². The summed E-state index contributed by atoms with van der Waals surface area (Å²) in [6.45, 7) is 4.58. The largest absolute Gasteiger partial charge is 0.372 e. The van der Waals surface area contributed by atoms with Crippen molar-refractivity contribution < 1.29 is 0 Å². The normalized spacial score (nSPS) is 22.9. The number of hydrogen-bond donors (Lipinski definition) is 2. The number of nitrogens with one attached hydrogen (secondary N) is 2. The molecule has 2 unspecified atom stereocenters. The Morgan fingerprint density at radius 2 is 1.80 bits per heavy atom. The predicted octanol–water partition coefficient (Wildman–Crippen LogP) is 5.06. The number of halogens is 2. The molecule has 20 heavy (non-hydrogen) atoms. The van der Waals surface area contributed by atoms with Crippen molar-refractivity contribution >= 4 is 34.8 Å². The molecule has 0 amide bonds. The summed E-state index contributed by atoms with van der Waals surface area (Å²) in [5, 5.41) is 7.67. The lowest BCUT2D eigenvalue weighted by molar-refractivity contribution is 0.253. The average Bonchev–Trinajstić information content (AvgIpc) is 2.42. The maximum absolute atomic E-state index is 6.27. The van der Waals surface area contributed by atoms with Crippen molar-refractivity contribution in [3.63, 3.8) is 0 Å². The summed E-state index contributed by atoms with van der Waals surface area (Å²) in [6, 6.07) is 2.19. The van der Waals surface area contributed by atoms with E-state index < -0.39 is 0 Å². The molecule has 0 aliphatic heterocycles. The molecular weight excluding hydrogens is 293 g/mol. The minimum Gasteiger partial charge on any atom is -0.372 e. The van der Waals surface area contributed by atoms with E-state index in [1.54, 1.807) is 6.07 Å². The first-order chi connectivity index (χ1) is 9.52. The topological polar surface area (TPSA) is 37.0 Å². The first-order valence-corrected chi connectivity index (χ1v) is 8.08. The summed E-state index contributed by atoms with van der Waals surface area (Å²) in [4.78, 5) is 4.49. The van der Waals surface area contributed by atoms with E-state index in [1.165, 1.54) is 25.7 Å². The monoisotopic (exact) mass is 315 g/mol.